The molecule has 1 amide bonds. The van der Waals surface area contributed by atoms with E-state index in [0.29, 0.717) is 17.7 Å². The van der Waals surface area contributed by atoms with Gasteiger partial charge in [0, 0.05) is 48.9 Å². The van der Waals surface area contributed by atoms with Crippen LogP contribution < -0.4 is 15.5 Å². The molecule has 0 spiro atoms. The van der Waals surface area contributed by atoms with E-state index < -0.39 is 0 Å². The van der Waals surface area contributed by atoms with Crippen molar-refractivity contribution in [1.82, 2.24) is 15.6 Å². The van der Waals surface area contributed by atoms with Crippen LogP contribution in [0.2, 0.25) is 0 Å². The van der Waals surface area contributed by atoms with Crippen LogP contribution in [0.3, 0.4) is 0 Å². The fourth-order valence-electron chi connectivity index (χ4n) is 4.39. The van der Waals surface area contributed by atoms with Gasteiger partial charge in [0.2, 0.25) is 0 Å². The summed E-state index contributed by atoms with van der Waals surface area (Å²) < 4.78 is 5.96. The number of nitrogens with zero attached hydrogens (tertiary/aromatic N) is 2. The number of rotatable bonds is 3. The normalized spacial score (nSPS) is 28.8. The lowest BCUT2D eigenvalue weighted by molar-refractivity contribution is 0.0923. The van der Waals surface area contributed by atoms with Crippen LogP contribution in [0.4, 0.5) is 5.88 Å². The zero-order chi connectivity index (χ0) is 16.1. The number of piperidine rings is 1. The van der Waals surface area contributed by atoms with Crippen LogP contribution in [-0.2, 0) is 0 Å². The predicted octanol–water partition coefficient (Wildman–Crippen LogP) is 1.91. The van der Waals surface area contributed by atoms with E-state index in [1.54, 1.807) is 12.3 Å². The molecule has 2 bridgehead atoms. The Hall–Kier alpha value is -2.08. The van der Waals surface area contributed by atoms with Crippen molar-refractivity contribution in [3.8, 4) is 0 Å². The highest BCUT2D eigenvalue weighted by atomic mass is 16.4. The number of hydrogen-bond acceptors (Lipinski definition) is 5. The lowest BCUT2D eigenvalue weighted by Crippen LogP contribution is -2.48. The van der Waals surface area contributed by atoms with Gasteiger partial charge < -0.3 is 20.0 Å². The number of carbonyl (C=O) groups excluding carboxylic acids is 1. The SMILES string of the molecule is O=C(NC1CC2CNC1C2)c1cc2oc(N3CCCC3)cc2cn1. The largest absolute Gasteiger partial charge is 0.440 e. The van der Waals surface area contributed by atoms with Crippen molar-refractivity contribution in [2.45, 2.75) is 37.8 Å². The summed E-state index contributed by atoms with van der Waals surface area (Å²) in [6.07, 6.45) is 6.41. The molecular formula is C18H22N4O2. The van der Waals surface area contributed by atoms with Gasteiger partial charge in [-0.3, -0.25) is 9.78 Å². The number of amides is 1. The van der Waals surface area contributed by atoms with Crippen molar-refractivity contribution in [3.63, 3.8) is 0 Å². The smallest absolute Gasteiger partial charge is 0.270 e. The van der Waals surface area contributed by atoms with Crippen molar-refractivity contribution >= 4 is 22.8 Å². The van der Waals surface area contributed by atoms with Gasteiger partial charge in [-0.2, -0.15) is 0 Å². The van der Waals surface area contributed by atoms with Crippen LogP contribution in [0.5, 0.6) is 0 Å². The minimum Gasteiger partial charge on any atom is -0.440 e. The van der Waals surface area contributed by atoms with Gasteiger partial charge >= 0.3 is 0 Å². The molecule has 126 valence electrons. The minimum atomic E-state index is -0.102. The fourth-order valence-corrected chi connectivity index (χ4v) is 4.39. The maximum Gasteiger partial charge on any atom is 0.270 e. The summed E-state index contributed by atoms with van der Waals surface area (Å²) in [4.78, 5) is 19.1. The first-order chi connectivity index (χ1) is 11.8. The van der Waals surface area contributed by atoms with Gasteiger partial charge in [-0.05, 0) is 38.1 Å². The molecule has 3 atom stereocenters. The Morgan fingerprint density at radius 1 is 1.29 bits per heavy atom. The van der Waals surface area contributed by atoms with Crippen molar-refractivity contribution < 1.29 is 9.21 Å². The summed E-state index contributed by atoms with van der Waals surface area (Å²) in [5, 5.41) is 7.56. The predicted molar refractivity (Wildman–Crippen MR) is 91.2 cm³/mol. The molecule has 3 aliphatic rings. The number of aromatic nitrogens is 1. The Morgan fingerprint density at radius 2 is 2.17 bits per heavy atom. The Labute approximate surface area is 140 Å². The lowest BCUT2D eigenvalue weighted by atomic mass is 10.1. The second kappa shape index (κ2) is 5.48. The molecule has 1 saturated carbocycles. The van der Waals surface area contributed by atoms with E-state index >= 15 is 0 Å². The maximum atomic E-state index is 12.5. The van der Waals surface area contributed by atoms with Gasteiger partial charge in [-0.15, -0.1) is 0 Å². The Kier molecular flexibility index (Phi) is 3.26. The number of pyridine rings is 1. The van der Waals surface area contributed by atoms with Gasteiger partial charge in [0.05, 0.1) is 0 Å². The number of anilines is 1. The Morgan fingerprint density at radius 3 is 2.92 bits per heavy atom. The highest BCUT2D eigenvalue weighted by Crippen LogP contribution is 2.31. The van der Waals surface area contributed by atoms with Crippen molar-refractivity contribution in [2.24, 2.45) is 5.92 Å². The van der Waals surface area contributed by atoms with Crippen molar-refractivity contribution in [3.05, 3.63) is 24.0 Å². The number of carbonyl (C=O) groups is 1. The summed E-state index contributed by atoms with van der Waals surface area (Å²) in [6, 6.07) is 4.44. The first kappa shape index (κ1) is 14.3. The average Bonchev–Trinajstić information content (AvgIpc) is 3.35. The van der Waals surface area contributed by atoms with Crippen LogP contribution in [0.15, 0.2) is 22.7 Å². The minimum absolute atomic E-state index is 0.102. The molecule has 6 nitrogen and oxygen atoms in total. The molecule has 2 aliphatic heterocycles. The monoisotopic (exact) mass is 326 g/mol. The van der Waals surface area contributed by atoms with Gasteiger partial charge in [-0.25, -0.2) is 0 Å². The molecule has 3 unspecified atom stereocenters. The van der Waals surface area contributed by atoms with Crippen LogP contribution in [0.25, 0.3) is 11.0 Å². The zero-order valence-electron chi connectivity index (χ0n) is 13.6. The zero-order valence-corrected chi connectivity index (χ0v) is 13.6. The topological polar surface area (TPSA) is 70.4 Å². The molecule has 2 aromatic rings. The van der Waals surface area contributed by atoms with E-state index in [1.165, 1.54) is 19.3 Å². The fraction of sp³-hybridized carbons (Fsp3) is 0.556. The third-order valence-corrected chi connectivity index (χ3v) is 5.68. The Bertz CT molecular complexity index is 780. The molecule has 3 fully saturated rings. The van der Waals surface area contributed by atoms with Gasteiger partial charge in [-0.1, -0.05) is 0 Å². The number of fused-ring (bicyclic) bond motifs is 3. The quantitative estimate of drug-likeness (QED) is 0.902. The molecule has 1 aliphatic carbocycles. The lowest BCUT2D eigenvalue weighted by Gasteiger charge is -2.23. The summed E-state index contributed by atoms with van der Waals surface area (Å²) in [6.45, 7) is 3.17. The van der Waals surface area contributed by atoms with Gasteiger partial charge in [0.1, 0.15) is 11.3 Å². The van der Waals surface area contributed by atoms with E-state index in [0.717, 1.165) is 42.9 Å². The third kappa shape index (κ3) is 2.36. The molecule has 5 rings (SSSR count). The van der Waals surface area contributed by atoms with E-state index in [9.17, 15) is 4.79 Å². The third-order valence-electron chi connectivity index (χ3n) is 5.68. The molecule has 6 heteroatoms. The number of nitrogens with one attached hydrogen (secondary N) is 2. The van der Waals surface area contributed by atoms with E-state index in [1.807, 2.05) is 6.07 Å². The summed E-state index contributed by atoms with van der Waals surface area (Å²) in [7, 11) is 0. The van der Waals surface area contributed by atoms with Crippen LogP contribution in [-0.4, -0.2) is 42.6 Å². The summed E-state index contributed by atoms with van der Waals surface area (Å²) in [5.74, 6) is 1.50. The molecule has 2 aromatic heterocycles. The first-order valence-electron chi connectivity index (χ1n) is 8.95. The van der Waals surface area contributed by atoms with E-state index in [-0.39, 0.29) is 11.9 Å². The molecule has 2 saturated heterocycles. The van der Waals surface area contributed by atoms with Crippen LogP contribution in [0.1, 0.15) is 36.2 Å². The summed E-state index contributed by atoms with van der Waals surface area (Å²) in [5.41, 5.74) is 1.18. The highest BCUT2D eigenvalue weighted by Gasteiger charge is 2.40. The molecule has 2 N–H and O–H groups in total. The van der Waals surface area contributed by atoms with Crippen LogP contribution in [0, 0.1) is 5.92 Å². The van der Waals surface area contributed by atoms with E-state index in [4.69, 9.17) is 4.42 Å². The standard InChI is InChI=1S/C18H22N4O2/c23-18(21-14-6-11-5-13(14)19-9-11)15-8-16-12(10-20-15)7-17(24-16)22-3-1-2-4-22/h7-8,10-11,13-14,19H,1-6,9H2,(H,21,23). The number of furan rings is 1. The number of hydrogen-bond donors (Lipinski definition) is 2. The average molecular weight is 326 g/mol. The summed E-state index contributed by atoms with van der Waals surface area (Å²) >= 11 is 0. The van der Waals surface area contributed by atoms with E-state index in [2.05, 4.69) is 20.5 Å². The van der Waals surface area contributed by atoms with Crippen LogP contribution >= 0.6 is 0 Å². The molecule has 24 heavy (non-hydrogen) atoms. The second-order valence-corrected chi connectivity index (χ2v) is 7.32. The molecule has 0 radical (unpaired) electrons. The van der Waals surface area contributed by atoms with Gasteiger partial charge in [0.25, 0.3) is 5.91 Å². The van der Waals surface area contributed by atoms with Gasteiger partial charge in [0.15, 0.2) is 5.88 Å². The van der Waals surface area contributed by atoms with Crippen molar-refractivity contribution in [2.75, 3.05) is 24.5 Å². The maximum absolute atomic E-state index is 12.5. The highest BCUT2D eigenvalue weighted by molar-refractivity contribution is 5.95. The Balaban J connectivity index is 1.35. The second-order valence-electron chi connectivity index (χ2n) is 7.32. The van der Waals surface area contributed by atoms with Crippen molar-refractivity contribution in [1.29, 1.82) is 0 Å². The first-order valence-corrected chi connectivity index (χ1v) is 8.95. The molecule has 0 aromatic carbocycles. The molecule has 4 heterocycles. The molecular weight excluding hydrogens is 304 g/mol.